The number of nitrogens with two attached hydrogens (primary N) is 1. The van der Waals surface area contributed by atoms with Crippen molar-refractivity contribution in [1.82, 2.24) is 4.98 Å². The van der Waals surface area contributed by atoms with Crippen LogP contribution in [0.15, 0.2) is 48.8 Å². The molecular formula is C14H14N2O. The minimum absolute atomic E-state index is 0.0956. The van der Waals surface area contributed by atoms with Gasteiger partial charge in [-0.25, -0.2) is 0 Å². The highest BCUT2D eigenvalue weighted by atomic mass is 16.1. The predicted molar refractivity (Wildman–Crippen MR) is 66.7 cm³/mol. The van der Waals surface area contributed by atoms with Crippen LogP contribution in [-0.4, -0.2) is 10.8 Å². The Bertz CT molecular complexity index is 523. The molecule has 1 aromatic heterocycles. The average Bonchev–Trinajstić information content (AvgIpc) is 2.39. The van der Waals surface area contributed by atoms with Crippen LogP contribution in [0.3, 0.4) is 0 Å². The van der Waals surface area contributed by atoms with Crippen LogP contribution in [-0.2, 0) is 0 Å². The maximum Gasteiger partial charge on any atom is 0.185 e. The summed E-state index contributed by atoms with van der Waals surface area (Å²) in [5.74, 6) is -0.0956. The quantitative estimate of drug-likeness (QED) is 0.817. The van der Waals surface area contributed by atoms with Gasteiger partial charge in [-0.05, 0) is 24.1 Å². The van der Waals surface area contributed by atoms with Gasteiger partial charge in [0.2, 0.25) is 0 Å². The van der Waals surface area contributed by atoms with E-state index in [1.54, 1.807) is 12.4 Å². The lowest BCUT2D eigenvalue weighted by atomic mass is 9.97. The first kappa shape index (κ1) is 11.5. The van der Waals surface area contributed by atoms with E-state index in [1.165, 1.54) is 0 Å². The number of hydrogen-bond donors (Lipinski definition) is 1. The Hall–Kier alpha value is -2.00. The number of Topliss-reactive ketones (excluding diaryl/α,β-unsaturated/α-hetero) is 1. The van der Waals surface area contributed by atoms with E-state index < -0.39 is 6.04 Å². The average molecular weight is 226 g/mol. The zero-order valence-electron chi connectivity index (χ0n) is 9.63. The molecule has 0 aliphatic rings. The molecule has 0 fully saturated rings. The van der Waals surface area contributed by atoms with E-state index in [4.69, 9.17) is 5.73 Å². The standard InChI is InChI=1S/C14H14N2O/c1-10-7-8-16-9-12(10)14(17)13(15)11-5-3-2-4-6-11/h2-9,13H,15H2,1H3/t13-/m1/s1. The summed E-state index contributed by atoms with van der Waals surface area (Å²) in [6.07, 6.45) is 3.24. The molecular weight excluding hydrogens is 212 g/mol. The van der Waals surface area contributed by atoms with E-state index in [9.17, 15) is 4.79 Å². The Morgan fingerprint density at radius 1 is 1.24 bits per heavy atom. The molecule has 0 bridgehead atoms. The van der Waals surface area contributed by atoms with Gasteiger partial charge in [-0.15, -0.1) is 0 Å². The maximum atomic E-state index is 12.2. The fraction of sp³-hybridized carbons (Fsp3) is 0.143. The molecule has 0 aliphatic carbocycles. The van der Waals surface area contributed by atoms with Crippen molar-refractivity contribution in [2.75, 3.05) is 0 Å². The minimum atomic E-state index is -0.626. The van der Waals surface area contributed by atoms with Gasteiger partial charge < -0.3 is 5.73 Å². The van der Waals surface area contributed by atoms with Gasteiger partial charge in [0.25, 0.3) is 0 Å². The van der Waals surface area contributed by atoms with Crippen LogP contribution < -0.4 is 5.73 Å². The first-order valence-electron chi connectivity index (χ1n) is 5.45. The molecule has 17 heavy (non-hydrogen) atoms. The fourth-order valence-electron chi connectivity index (χ4n) is 1.70. The number of ketones is 1. The van der Waals surface area contributed by atoms with Crippen LogP contribution in [0, 0.1) is 6.92 Å². The second-order valence-electron chi connectivity index (χ2n) is 3.94. The molecule has 1 aromatic carbocycles. The van der Waals surface area contributed by atoms with E-state index in [0.717, 1.165) is 11.1 Å². The summed E-state index contributed by atoms with van der Waals surface area (Å²) in [6.45, 7) is 1.88. The molecule has 0 radical (unpaired) electrons. The van der Waals surface area contributed by atoms with Crippen LogP contribution >= 0.6 is 0 Å². The van der Waals surface area contributed by atoms with Gasteiger partial charge in [0.1, 0.15) is 0 Å². The number of carbonyl (C=O) groups excluding carboxylic acids is 1. The molecule has 2 N–H and O–H groups in total. The van der Waals surface area contributed by atoms with E-state index >= 15 is 0 Å². The van der Waals surface area contributed by atoms with E-state index in [0.29, 0.717) is 5.56 Å². The number of rotatable bonds is 3. The zero-order chi connectivity index (χ0) is 12.3. The second-order valence-corrected chi connectivity index (χ2v) is 3.94. The Labute approximate surface area is 100 Å². The molecule has 3 heteroatoms. The second kappa shape index (κ2) is 4.89. The number of aryl methyl sites for hydroxylation is 1. The summed E-state index contributed by atoms with van der Waals surface area (Å²) in [4.78, 5) is 16.2. The Balaban J connectivity index is 2.30. The van der Waals surface area contributed by atoms with Crippen molar-refractivity contribution in [3.05, 3.63) is 65.5 Å². The lowest BCUT2D eigenvalue weighted by molar-refractivity contribution is 0.0960. The number of hydrogen-bond acceptors (Lipinski definition) is 3. The minimum Gasteiger partial charge on any atom is -0.318 e. The number of benzene rings is 1. The molecule has 1 atom stereocenters. The van der Waals surface area contributed by atoms with Crippen molar-refractivity contribution in [3.63, 3.8) is 0 Å². The van der Waals surface area contributed by atoms with Gasteiger partial charge in [-0.1, -0.05) is 30.3 Å². The Morgan fingerprint density at radius 3 is 2.59 bits per heavy atom. The molecule has 0 amide bonds. The van der Waals surface area contributed by atoms with Crippen LogP contribution in [0.5, 0.6) is 0 Å². The monoisotopic (exact) mass is 226 g/mol. The molecule has 0 saturated heterocycles. The lowest BCUT2D eigenvalue weighted by Crippen LogP contribution is -2.22. The number of nitrogens with zero attached hydrogens (tertiary/aromatic N) is 1. The third-order valence-electron chi connectivity index (χ3n) is 2.75. The van der Waals surface area contributed by atoms with E-state index in [1.807, 2.05) is 43.3 Å². The van der Waals surface area contributed by atoms with E-state index in [2.05, 4.69) is 4.98 Å². The third kappa shape index (κ3) is 2.40. The molecule has 0 spiro atoms. The van der Waals surface area contributed by atoms with Gasteiger partial charge in [-0.3, -0.25) is 9.78 Å². The first-order chi connectivity index (χ1) is 8.20. The lowest BCUT2D eigenvalue weighted by Gasteiger charge is -2.12. The van der Waals surface area contributed by atoms with Gasteiger partial charge in [0.05, 0.1) is 6.04 Å². The highest BCUT2D eigenvalue weighted by Gasteiger charge is 2.18. The molecule has 2 aromatic rings. The largest absolute Gasteiger partial charge is 0.318 e. The molecule has 0 aliphatic heterocycles. The van der Waals surface area contributed by atoms with Crippen molar-refractivity contribution in [2.45, 2.75) is 13.0 Å². The molecule has 1 heterocycles. The molecule has 0 saturated carbocycles. The third-order valence-corrected chi connectivity index (χ3v) is 2.75. The Morgan fingerprint density at radius 2 is 1.94 bits per heavy atom. The summed E-state index contributed by atoms with van der Waals surface area (Å²) in [5, 5.41) is 0. The highest BCUT2D eigenvalue weighted by molar-refractivity contribution is 6.01. The topological polar surface area (TPSA) is 56.0 Å². The van der Waals surface area contributed by atoms with Crippen LogP contribution in [0.4, 0.5) is 0 Å². The fourth-order valence-corrected chi connectivity index (χ4v) is 1.70. The van der Waals surface area contributed by atoms with Gasteiger partial charge >= 0.3 is 0 Å². The summed E-state index contributed by atoms with van der Waals surface area (Å²) < 4.78 is 0. The van der Waals surface area contributed by atoms with Crippen molar-refractivity contribution in [2.24, 2.45) is 5.73 Å². The Kier molecular flexibility index (Phi) is 3.30. The van der Waals surface area contributed by atoms with Crippen LogP contribution in [0.1, 0.15) is 27.5 Å². The number of aromatic nitrogens is 1. The van der Waals surface area contributed by atoms with Crippen molar-refractivity contribution in [3.8, 4) is 0 Å². The molecule has 2 rings (SSSR count). The molecule has 0 unspecified atom stereocenters. The summed E-state index contributed by atoms with van der Waals surface area (Å²) in [6, 6.07) is 10.5. The first-order valence-corrected chi connectivity index (χ1v) is 5.45. The van der Waals surface area contributed by atoms with Crippen molar-refractivity contribution >= 4 is 5.78 Å². The molecule has 3 nitrogen and oxygen atoms in total. The normalized spacial score (nSPS) is 12.1. The molecule has 86 valence electrons. The van der Waals surface area contributed by atoms with Gasteiger partial charge in [0.15, 0.2) is 5.78 Å². The number of carbonyl (C=O) groups is 1. The van der Waals surface area contributed by atoms with Crippen LogP contribution in [0.25, 0.3) is 0 Å². The maximum absolute atomic E-state index is 12.2. The zero-order valence-corrected chi connectivity index (χ0v) is 9.63. The predicted octanol–water partition coefficient (Wildman–Crippen LogP) is 2.27. The van der Waals surface area contributed by atoms with Gasteiger partial charge in [-0.2, -0.15) is 0 Å². The van der Waals surface area contributed by atoms with Crippen LogP contribution in [0.2, 0.25) is 0 Å². The van der Waals surface area contributed by atoms with Gasteiger partial charge in [0, 0.05) is 18.0 Å². The number of pyridine rings is 1. The highest BCUT2D eigenvalue weighted by Crippen LogP contribution is 2.17. The summed E-state index contributed by atoms with van der Waals surface area (Å²) >= 11 is 0. The smallest absolute Gasteiger partial charge is 0.185 e. The summed E-state index contributed by atoms with van der Waals surface area (Å²) in [7, 11) is 0. The van der Waals surface area contributed by atoms with Crippen molar-refractivity contribution in [1.29, 1.82) is 0 Å². The SMILES string of the molecule is Cc1ccncc1C(=O)[C@H](N)c1ccccc1. The van der Waals surface area contributed by atoms with Crippen molar-refractivity contribution < 1.29 is 4.79 Å². The van der Waals surface area contributed by atoms with E-state index in [-0.39, 0.29) is 5.78 Å². The summed E-state index contributed by atoms with van der Waals surface area (Å²) in [5.41, 5.74) is 8.27.